The average Bonchev–Trinajstić information content (AvgIpc) is 2.42. The highest BCUT2D eigenvalue weighted by Gasteiger charge is 2.19. The third-order valence-corrected chi connectivity index (χ3v) is 4.11. The average molecular weight is 291 g/mol. The molecule has 120 valence electrons. The van der Waals surface area contributed by atoms with Gasteiger partial charge in [-0.3, -0.25) is 0 Å². The molecule has 2 heteroatoms. The minimum absolute atomic E-state index is 0.108. The number of hydrogen-bond acceptors (Lipinski definition) is 2. The largest absolute Gasteiger partial charge is 0.492 e. The number of nitrogens with one attached hydrogen (secondary N) is 1. The first-order valence-corrected chi connectivity index (χ1v) is 8.21. The van der Waals surface area contributed by atoms with Crippen LogP contribution in [-0.2, 0) is 11.8 Å². The van der Waals surface area contributed by atoms with Crippen molar-refractivity contribution in [1.82, 2.24) is 5.32 Å². The Hall–Kier alpha value is -1.02. The Bertz CT molecular complexity index is 443. The van der Waals surface area contributed by atoms with Crippen LogP contribution in [-0.4, -0.2) is 18.7 Å². The minimum Gasteiger partial charge on any atom is -0.492 e. The molecular formula is C19H33NO. The van der Waals surface area contributed by atoms with E-state index in [4.69, 9.17) is 4.74 Å². The summed E-state index contributed by atoms with van der Waals surface area (Å²) in [6, 6.07) is 6.59. The van der Waals surface area contributed by atoms with Crippen LogP contribution in [0.5, 0.6) is 5.75 Å². The van der Waals surface area contributed by atoms with E-state index in [1.807, 2.05) is 0 Å². The number of ether oxygens (including phenoxy) is 1. The summed E-state index contributed by atoms with van der Waals surface area (Å²) in [5, 5.41) is 3.53. The SMILES string of the molecule is CCc1ccc(OCCNC(C)(C)CC)c(C(C)(C)C)c1. The molecule has 1 aromatic carbocycles. The standard InChI is InChI=1S/C19H33NO/c1-8-15-10-11-17(16(14-15)18(3,4)5)21-13-12-20-19(6,7)9-2/h10-11,14,20H,8-9,12-13H2,1-7H3. The Labute approximate surface area is 131 Å². The molecule has 1 aromatic rings. The highest BCUT2D eigenvalue weighted by molar-refractivity contribution is 5.41. The van der Waals surface area contributed by atoms with Gasteiger partial charge in [0, 0.05) is 12.1 Å². The van der Waals surface area contributed by atoms with Gasteiger partial charge < -0.3 is 10.1 Å². The first-order chi connectivity index (χ1) is 9.69. The van der Waals surface area contributed by atoms with E-state index < -0.39 is 0 Å². The lowest BCUT2D eigenvalue weighted by molar-refractivity contribution is 0.276. The summed E-state index contributed by atoms with van der Waals surface area (Å²) in [5.74, 6) is 1.02. The zero-order valence-electron chi connectivity index (χ0n) is 15.0. The quantitative estimate of drug-likeness (QED) is 0.735. The molecule has 0 aliphatic rings. The van der Waals surface area contributed by atoms with Crippen LogP contribution in [0.15, 0.2) is 18.2 Å². The molecule has 0 unspecified atom stereocenters. The Balaban J connectivity index is 2.71. The molecule has 0 radical (unpaired) electrons. The van der Waals surface area contributed by atoms with Gasteiger partial charge in [0.15, 0.2) is 0 Å². The smallest absolute Gasteiger partial charge is 0.123 e. The van der Waals surface area contributed by atoms with Crippen LogP contribution < -0.4 is 10.1 Å². The topological polar surface area (TPSA) is 21.3 Å². The van der Waals surface area contributed by atoms with Gasteiger partial charge in [-0.1, -0.05) is 46.8 Å². The molecule has 0 saturated heterocycles. The third kappa shape index (κ3) is 5.70. The van der Waals surface area contributed by atoms with Gasteiger partial charge in [-0.25, -0.2) is 0 Å². The van der Waals surface area contributed by atoms with E-state index in [1.54, 1.807) is 0 Å². The second-order valence-electron chi connectivity index (χ2n) is 7.45. The summed E-state index contributed by atoms with van der Waals surface area (Å²) in [5.41, 5.74) is 2.97. The van der Waals surface area contributed by atoms with Crippen molar-refractivity contribution in [3.05, 3.63) is 29.3 Å². The fourth-order valence-electron chi connectivity index (χ4n) is 2.18. The highest BCUT2D eigenvalue weighted by atomic mass is 16.5. The maximum Gasteiger partial charge on any atom is 0.123 e. The van der Waals surface area contributed by atoms with Crippen molar-refractivity contribution in [1.29, 1.82) is 0 Å². The summed E-state index contributed by atoms with van der Waals surface area (Å²) in [7, 11) is 0. The molecule has 0 fully saturated rings. The molecule has 21 heavy (non-hydrogen) atoms. The molecule has 0 aromatic heterocycles. The molecule has 0 atom stereocenters. The van der Waals surface area contributed by atoms with Gasteiger partial charge in [0.1, 0.15) is 12.4 Å². The molecule has 0 bridgehead atoms. The van der Waals surface area contributed by atoms with Crippen molar-refractivity contribution >= 4 is 0 Å². The second kappa shape index (κ2) is 7.31. The van der Waals surface area contributed by atoms with Crippen LogP contribution >= 0.6 is 0 Å². The van der Waals surface area contributed by atoms with Crippen molar-refractivity contribution in [2.75, 3.05) is 13.2 Å². The third-order valence-electron chi connectivity index (χ3n) is 4.11. The second-order valence-corrected chi connectivity index (χ2v) is 7.45. The van der Waals surface area contributed by atoms with Crippen LogP contribution in [0.3, 0.4) is 0 Å². The van der Waals surface area contributed by atoms with Gasteiger partial charge in [-0.15, -0.1) is 0 Å². The van der Waals surface area contributed by atoms with Gasteiger partial charge in [0.25, 0.3) is 0 Å². The summed E-state index contributed by atoms with van der Waals surface area (Å²) >= 11 is 0. The zero-order chi connectivity index (χ0) is 16.1. The Morgan fingerprint density at radius 3 is 2.24 bits per heavy atom. The number of rotatable bonds is 7. The summed E-state index contributed by atoms with van der Waals surface area (Å²) in [6.45, 7) is 17.2. The van der Waals surface area contributed by atoms with E-state index in [0.29, 0.717) is 6.61 Å². The van der Waals surface area contributed by atoms with E-state index in [2.05, 4.69) is 72.0 Å². The minimum atomic E-state index is 0.108. The predicted molar refractivity (Wildman–Crippen MR) is 92.4 cm³/mol. The lowest BCUT2D eigenvalue weighted by Crippen LogP contribution is -2.40. The van der Waals surface area contributed by atoms with Crippen molar-refractivity contribution in [3.8, 4) is 5.75 Å². The first-order valence-electron chi connectivity index (χ1n) is 8.21. The molecule has 0 saturated carbocycles. The summed E-state index contributed by atoms with van der Waals surface area (Å²) < 4.78 is 6.04. The van der Waals surface area contributed by atoms with E-state index >= 15 is 0 Å². The number of aryl methyl sites for hydroxylation is 1. The molecule has 0 heterocycles. The van der Waals surface area contributed by atoms with Crippen molar-refractivity contribution < 1.29 is 4.74 Å². The van der Waals surface area contributed by atoms with Gasteiger partial charge in [-0.2, -0.15) is 0 Å². The van der Waals surface area contributed by atoms with Gasteiger partial charge >= 0.3 is 0 Å². The number of benzene rings is 1. The molecule has 1 N–H and O–H groups in total. The lowest BCUT2D eigenvalue weighted by atomic mass is 9.85. The van der Waals surface area contributed by atoms with Crippen LogP contribution in [0.2, 0.25) is 0 Å². The summed E-state index contributed by atoms with van der Waals surface area (Å²) in [4.78, 5) is 0. The Morgan fingerprint density at radius 2 is 1.71 bits per heavy atom. The predicted octanol–water partition coefficient (Wildman–Crippen LogP) is 4.70. The van der Waals surface area contributed by atoms with E-state index in [1.165, 1.54) is 11.1 Å². The Morgan fingerprint density at radius 1 is 1.05 bits per heavy atom. The molecule has 0 aliphatic heterocycles. The van der Waals surface area contributed by atoms with Crippen molar-refractivity contribution in [3.63, 3.8) is 0 Å². The van der Waals surface area contributed by atoms with Gasteiger partial charge in [0.2, 0.25) is 0 Å². The fraction of sp³-hybridized carbons (Fsp3) is 0.684. The monoisotopic (exact) mass is 291 g/mol. The van der Waals surface area contributed by atoms with Crippen LogP contribution in [0.25, 0.3) is 0 Å². The van der Waals surface area contributed by atoms with E-state index in [-0.39, 0.29) is 11.0 Å². The molecule has 0 spiro atoms. The molecule has 0 amide bonds. The van der Waals surface area contributed by atoms with Crippen LogP contribution in [0.1, 0.15) is 66.0 Å². The molecule has 0 aliphatic carbocycles. The Kier molecular flexibility index (Phi) is 6.27. The van der Waals surface area contributed by atoms with Crippen LogP contribution in [0, 0.1) is 0 Å². The molecule has 2 nitrogen and oxygen atoms in total. The maximum absolute atomic E-state index is 6.04. The summed E-state index contributed by atoms with van der Waals surface area (Å²) in [6.07, 6.45) is 2.18. The van der Waals surface area contributed by atoms with Gasteiger partial charge in [0.05, 0.1) is 0 Å². The zero-order valence-corrected chi connectivity index (χ0v) is 15.0. The molecule has 1 rings (SSSR count). The van der Waals surface area contributed by atoms with Crippen LogP contribution in [0.4, 0.5) is 0 Å². The fourth-order valence-corrected chi connectivity index (χ4v) is 2.18. The van der Waals surface area contributed by atoms with E-state index in [9.17, 15) is 0 Å². The van der Waals surface area contributed by atoms with Crippen molar-refractivity contribution in [2.45, 2.75) is 72.3 Å². The van der Waals surface area contributed by atoms with Crippen molar-refractivity contribution in [2.24, 2.45) is 0 Å². The number of hydrogen-bond donors (Lipinski definition) is 1. The maximum atomic E-state index is 6.04. The van der Waals surface area contributed by atoms with E-state index in [0.717, 1.165) is 25.1 Å². The van der Waals surface area contributed by atoms with Gasteiger partial charge in [-0.05, 0) is 49.3 Å². The first kappa shape index (κ1) is 18.0. The lowest BCUT2D eigenvalue weighted by Gasteiger charge is -2.26. The highest BCUT2D eigenvalue weighted by Crippen LogP contribution is 2.32. The molecular weight excluding hydrogens is 258 g/mol. The normalized spacial score (nSPS) is 12.5.